The molecule has 0 atom stereocenters. The van der Waals surface area contributed by atoms with E-state index in [4.69, 9.17) is 31.0 Å². The van der Waals surface area contributed by atoms with Gasteiger partial charge < -0.3 is 14.8 Å². The van der Waals surface area contributed by atoms with Crippen molar-refractivity contribution in [3.63, 3.8) is 0 Å². The Kier molecular flexibility index (Phi) is 5.63. The van der Waals surface area contributed by atoms with E-state index in [1.807, 2.05) is 42.5 Å². The quantitative estimate of drug-likeness (QED) is 0.258. The highest BCUT2D eigenvalue weighted by Crippen LogP contribution is 2.33. The van der Waals surface area contributed by atoms with Gasteiger partial charge in [-0.3, -0.25) is 9.20 Å². The van der Waals surface area contributed by atoms with Crippen molar-refractivity contribution in [2.24, 2.45) is 0 Å². The Morgan fingerprint density at radius 1 is 1.00 bits per heavy atom. The summed E-state index contributed by atoms with van der Waals surface area (Å²) in [5.74, 6) is 2.69. The van der Waals surface area contributed by atoms with Gasteiger partial charge in [0.05, 0.1) is 16.2 Å². The van der Waals surface area contributed by atoms with Gasteiger partial charge in [0.25, 0.3) is 5.56 Å². The number of hydrogen-bond donors (Lipinski definition) is 1. The second kappa shape index (κ2) is 9.09. The van der Waals surface area contributed by atoms with E-state index >= 15 is 0 Å². The Morgan fingerprint density at radius 2 is 1.89 bits per heavy atom. The standard InChI is InChI=1S/C25H18ClN5O3S/c26-16-6-8-22-28-17(10-23(32)31(22)12-16)13-35-25-29-19-4-2-1-3-18(19)24(30-25)27-11-15-5-7-20-21(9-15)34-14-33-20/h1-10,12H,11,13-14H2,(H,27,29,30). The molecular formula is C25H18ClN5O3S. The van der Waals surface area contributed by atoms with Gasteiger partial charge in [-0.25, -0.2) is 15.0 Å². The Bertz CT molecular complexity index is 1640. The molecule has 0 amide bonds. The van der Waals surface area contributed by atoms with E-state index in [1.165, 1.54) is 22.2 Å². The SMILES string of the molecule is O=c1cc(CSc2nc(NCc3ccc4c(c3)OCO4)c3ccccc3n2)nc2ccc(Cl)cn12. The lowest BCUT2D eigenvalue weighted by molar-refractivity contribution is 0.174. The molecule has 1 aliphatic rings. The number of fused-ring (bicyclic) bond motifs is 3. The molecule has 10 heteroatoms. The summed E-state index contributed by atoms with van der Waals surface area (Å²) in [6.45, 7) is 0.809. The molecule has 0 saturated carbocycles. The van der Waals surface area contributed by atoms with Gasteiger partial charge in [0.15, 0.2) is 16.7 Å². The van der Waals surface area contributed by atoms with Crippen molar-refractivity contribution in [3.8, 4) is 11.5 Å². The molecule has 0 bridgehead atoms. The summed E-state index contributed by atoms with van der Waals surface area (Å²) in [5, 5.41) is 5.43. The molecule has 0 saturated heterocycles. The third kappa shape index (κ3) is 4.48. The van der Waals surface area contributed by atoms with Gasteiger partial charge in [-0.1, -0.05) is 41.6 Å². The van der Waals surface area contributed by atoms with Gasteiger partial charge in [-0.05, 0) is 42.0 Å². The maximum Gasteiger partial charge on any atom is 0.258 e. The van der Waals surface area contributed by atoms with Crippen LogP contribution in [-0.2, 0) is 12.3 Å². The highest BCUT2D eigenvalue weighted by molar-refractivity contribution is 7.98. The van der Waals surface area contributed by atoms with Crippen LogP contribution in [0.25, 0.3) is 16.6 Å². The first-order valence-corrected chi connectivity index (χ1v) is 12.2. The lowest BCUT2D eigenvalue weighted by atomic mass is 10.2. The maximum atomic E-state index is 12.5. The number of anilines is 1. The number of nitrogens with zero attached hydrogens (tertiary/aromatic N) is 4. The number of pyridine rings is 1. The third-order valence-corrected chi connectivity index (χ3v) is 6.61. The summed E-state index contributed by atoms with van der Waals surface area (Å²) in [6, 6.07) is 18.7. The van der Waals surface area contributed by atoms with Crippen LogP contribution in [0.4, 0.5) is 5.82 Å². The molecule has 1 N–H and O–H groups in total. The number of rotatable bonds is 6. The minimum atomic E-state index is -0.182. The third-order valence-electron chi connectivity index (χ3n) is 5.51. The Hall–Kier alpha value is -3.82. The zero-order chi connectivity index (χ0) is 23.8. The first-order valence-electron chi connectivity index (χ1n) is 10.8. The monoisotopic (exact) mass is 503 g/mol. The van der Waals surface area contributed by atoms with E-state index < -0.39 is 0 Å². The van der Waals surface area contributed by atoms with E-state index in [0.29, 0.717) is 33.8 Å². The summed E-state index contributed by atoms with van der Waals surface area (Å²) in [4.78, 5) is 26.5. The molecule has 0 unspecified atom stereocenters. The molecule has 8 nitrogen and oxygen atoms in total. The molecule has 6 rings (SSSR count). The van der Waals surface area contributed by atoms with E-state index in [2.05, 4.69) is 10.3 Å². The number of thioether (sulfide) groups is 1. The summed E-state index contributed by atoms with van der Waals surface area (Å²) < 4.78 is 12.3. The predicted octanol–water partition coefficient (Wildman–Crippen LogP) is 4.92. The molecular weight excluding hydrogens is 486 g/mol. The molecule has 2 aromatic carbocycles. The van der Waals surface area contributed by atoms with Crippen molar-refractivity contribution < 1.29 is 9.47 Å². The fraction of sp³-hybridized carbons (Fsp3) is 0.120. The van der Waals surface area contributed by atoms with E-state index in [1.54, 1.807) is 18.3 Å². The zero-order valence-corrected chi connectivity index (χ0v) is 19.8. The van der Waals surface area contributed by atoms with Crippen molar-refractivity contribution >= 4 is 45.7 Å². The molecule has 0 aliphatic carbocycles. The van der Waals surface area contributed by atoms with Crippen molar-refractivity contribution in [1.29, 1.82) is 0 Å². The second-order valence-corrected chi connectivity index (χ2v) is 9.24. The van der Waals surface area contributed by atoms with Crippen LogP contribution in [0, 0.1) is 0 Å². The highest BCUT2D eigenvalue weighted by atomic mass is 35.5. The maximum absolute atomic E-state index is 12.5. The molecule has 0 radical (unpaired) electrons. The Balaban J connectivity index is 1.25. The molecule has 5 aromatic rings. The van der Waals surface area contributed by atoms with Crippen LogP contribution >= 0.6 is 23.4 Å². The number of hydrogen-bond acceptors (Lipinski definition) is 8. The topological polar surface area (TPSA) is 90.6 Å². The Labute approximate surface area is 208 Å². The predicted molar refractivity (Wildman–Crippen MR) is 135 cm³/mol. The number of aromatic nitrogens is 4. The lowest BCUT2D eigenvalue weighted by Gasteiger charge is -2.11. The summed E-state index contributed by atoms with van der Waals surface area (Å²) in [5.41, 5.74) is 2.89. The fourth-order valence-corrected chi connectivity index (χ4v) is 4.73. The van der Waals surface area contributed by atoms with Gasteiger partial charge in [0.1, 0.15) is 11.5 Å². The van der Waals surface area contributed by atoms with Gasteiger partial charge in [-0.15, -0.1) is 0 Å². The minimum Gasteiger partial charge on any atom is -0.454 e. The van der Waals surface area contributed by atoms with Crippen LogP contribution in [0.2, 0.25) is 5.02 Å². The number of nitrogens with one attached hydrogen (secondary N) is 1. The smallest absolute Gasteiger partial charge is 0.258 e. The van der Waals surface area contributed by atoms with Gasteiger partial charge in [-0.2, -0.15) is 0 Å². The normalized spacial score (nSPS) is 12.4. The van der Waals surface area contributed by atoms with E-state index in [-0.39, 0.29) is 12.4 Å². The summed E-state index contributed by atoms with van der Waals surface area (Å²) >= 11 is 7.42. The largest absolute Gasteiger partial charge is 0.454 e. The van der Waals surface area contributed by atoms with Crippen LogP contribution in [0.1, 0.15) is 11.3 Å². The second-order valence-electron chi connectivity index (χ2n) is 7.86. The number of para-hydroxylation sites is 1. The minimum absolute atomic E-state index is 0.182. The molecule has 1 aliphatic heterocycles. The molecule has 0 spiro atoms. The van der Waals surface area contributed by atoms with Gasteiger partial charge >= 0.3 is 0 Å². The first kappa shape index (κ1) is 21.7. The van der Waals surface area contributed by atoms with Crippen LogP contribution in [0.5, 0.6) is 11.5 Å². The average molecular weight is 504 g/mol. The van der Waals surface area contributed by atoms with Crippen molar-refractivity contribution in [1.82, 2.24) is 19.4 Å². The average Bonchev–Trinajstić information content (AvgIpc) is 3.34. The highest BCUT2D eigenvalue weighted by Gasteiger charge is 2.14. The number of ether oxygens (including phenoxy) is 2. The summed E-state index contributed by atoms with van der Waals surface area (Å²) in [7, 11) is 0. The zero-order valence-electron chi connectivity index (χ0n) is 18.3. The number of benzene rings is 2. The van der Waals surface area contributed by atoms with Gasteiger partial charge in [0, 0.05) is 29.9 Å². The van der Waals surface area contributed by atoms with Crippen LogP contribution < -0.4 is 20.3 Å². The van der Waals surface area contributed by atoms with Crippen molar-refractivity contribution in [3.05, 3.63) is 93.5 Å². The van der Waals surface area contributed by atoms with Gasteiger partial charge in [0.2, 0.25) is 6.79 Å². The fourth-order valence-electron chi connectivity index (χ4n) is 3.83. The molecule has 174 valence electrons. The number of halogens is 1. The molecule has 0 fully saturated rings. The molecule has 4 heterocycles. The van der Waals surface area contributed by atoms with E-state index in [9.17, 15) is 4.79 Å². The van der Waals surface area contributed by atoms with E-state index in [0.717, 1.165) is 33.8 Å². The summed E-state index contributed by atoms with van der Waals surface area (Å²) in [6.07, 6.45) is 1.56. The van der Waals surface area contributed by atoms with Crippen LogP contribution in [0.15, 0.2) is 76.8 Å². The molecule has 35 heavy (non-hydrogen) atoms. The van der Waals surface area contributed by atoms with Crippen LogP contribution in [0.3, 0.4) is 0 Å². The van der Waals surface area contributed by atoms with Crippen LogP contribution in [-0.4, -0.2) is 26.1 Å². The molecule has 3 aromatic heterocycles. The van der Waals surface area contributed by atoms with Crippen molar-refractivity contribution in [2.75, 3.05) is 12.1 Å². The first-order chi connectivity index (χ1) is 17.1. The van der Waals surface area contributed by atoms with Crippen molar-refractivity contribution in [2.45, 2.75) is 17.5 Å². The Morgan fingerprint density at radius 3 is 2.83 bits per heavy atom. The lowest BCUT2D eigenvalue weighted by Crippen LogP contribution is -2.15.